The summed E-state index contributed by atoms with van der Waals surface area (Å²) in [5, 5.41) is 2.69. The summed E-state index contributed by atoms with van der Waals surface area (Å²) < 4.78 is 4.91. The summed E-state index contributed by atoms with van der Waals surface area (Å²) in [6.07, 6.45) is 0. The van der Waals surface area contributed by atoms with Crippen LogP contribution in [0, 0.1) is 0 Å². The van der Waals surface area contributed by atoms with Crippen LogP contribution in [0.1, 0.15) is 0 Å². The van der Waals surface area contributed by atoms with Crippen LogP contribution in [-0.2, 0) is 9.53 Å². The number of ether oxygens (including phenoxy) is 1. The molecule has 0 radical (unpaired) electrons. The van der Waals surface area contributed by atoms with Crippen molar-refractivity contribution in [3.05, 3.63) is 0 Å². The van der Waals surface area contributed by atoms with E-state index in [0.29, 0.717) is 13.2 Å². The fourth-order valence-electron chi connectivity index (χ4n) is 0.792. The molecule has 0 aliphatic rings. The number of hydrogen-bond acceptors (Lipinski definition) is 3. The van der Waals surface area contributed by atoms with E-state index in [9.17, 15) is 4.79 Å². The first-order valence-electron chi connectivity index (χ1n) is 4.21. The number of methoxy groups -OCH3 is 1. The Morgan fingerprint density at radius 1 is 1.54 bits per heavy atom. The first-order valence-corrected chi connectivity index (χ1v) is 4.74. The maximum Gasteiger partial charge on any atom is 0.234 e. The number of alkyl halides is 1. The molecule has 0 spiro atoms. The number of amides is 1. The number of rotatable bonds is 7. The summed E-state index contributed by atoms with van der Waals surface area (Å²) in [5.41, 5.74) is 0. The van der Waals surface area contributed by atoms with E-state index in [0.717, 1.165) is 13.1 Å². The van der Waals surface area contributed by atoms with Crippen molar-refractivity contribution in [1.82, 2.24) is 10.2 Å². The van der Waals surface area contributed by atoms with Crippen molar-refractivity contribution in [3.8, 4) is 0 Å². The third-order valence-corrected chi connectivity index (χ3v) is 1.86. The molecule has 0 saturated carbocycles. The Morgan fingerprint density at radius 3 is 2.77 bits per heavy atom. The molecule has 0 aromatic heterocycles. The summed E-state index contributed by atoms with van der Waals surface area (Å²) in [5.74, 6) is -0.0938. The topological polar surface area (TPSA) is 41.6 Å². The lowest BCUT2D eigenvalue weighted by molar-refractivity contribution is -0.118. The lowest BCUT2D eigenvalue weighted by atomic mass is 10.5. The molecule has 0 bridgehead atoms. The summed E-state index contributed by atoms with van der Waals surface area (Å²) in [7, 11) is 3.65. The molecule has 1 N–H and O–H groups in total. The van der Waals surface area contributed by atoms with E-state index < -0.39 is 0 Å². The van der Waals surface area contributed by atoms with Gasteiger partial charge in [0.2, 0.25) is 5.91 Å². The molecule has 0 atom stereocenters. The second kappa shape index (κ2) is 8.29. The first-order chi connectivity index (χ1) is 6.20. The summed E-state index contributed by atoms with van der Waals surface area (Å²) in [6.45, 7) is 3.02. The van der Waals surface area contributed by atoms with E-state index in [-0.39, 0.29) is 11.8 Å². The van der Waals surface area contributed by atoms with Gasteiger partial charge in [-0.2, -0.15) is 0 Å². The van der Waals surface area contributed by atoms with Crippen molar-refractivity contribution in [1.29, 1.82) is 0 Å². The Labute approximate surface area is 84.2 Å². The molecular formula is C8H17ClN2O2. The Balaban J connectivity index is 3.26. The molecule has 0 unspecified atom stereocenters. The zero-order chi connectivity index (χ0) is 10.1. The number of likely N-dealkylation sites (N-methyl/N-ethyl adjacent to an activating group) is 1. The van der Waals surface area contributed by atoms with Crippen LogP contribution in [-0.4, -0.2) is 57.1 Å². The van der Waals surface area contributed by atoms with Crippen molar-refractivity contribution < 1.29 is 9.53 Å². The van der Waals surface area contributed by atoms with Crippen molar-refractivity contribution in [3.63, 3.8) is 0 Å². The second-order valence-corrected chi connectivity index (χ2v) is 3.05. The maximum absolute atomic E-state index is 10.7. The van der Waals surface area contributed by atoms with Crippen molar-refractivity contribution >= 4 is 17.5 Å². The molecule has 0 aliphatic heterocycles. The largest absolute Gasteiger partial charge is 0.383 e. The molecular weight excluding hydrogens is 192 g/mol. The van der Waals surface area contributed by atoms with Crippen LogP contribution in [0.15, 0.2) is 0 Å². The second-order valence-electron chi connectivity index (χ2n) is 2.78. The van der Waals surface area contributed by atoms with Gasteiger partial charge in [0.05, 0.1) is 6.61 Å². The summed E-state index contributed by atoms with van der Waals surface area (Å²) >= 11 is 5.31. The number of nitrogens with zero attached hydrogens (tertiary/aromatic N) is 1. The highest BCUT2D eigenvalue weighted by molar-refractivity contribution is 6.27. The highest BCUT2D eigenvalue weighted by Gasteiger charge is 1.99. The van der Waals surface area contributed by atoms with E-state index in [4.69, 9.17) is 16.3 Å². The zero-order valence-corrected chi connectivity index (χ0v) is 8.93. The molecule has 0 heterocycles. The minimum Gasteiger partial charge on any atom is -0.383 e. The molecule has 1 amide bonds. The van der Waals surface area contributed by atoms with Gasteiger partial charge in [0, 0.05) is 26.7 Å². The Bertz CT molecular complexity index is 144. The highest BCUT2D eigenvalue weighted by atomic mass is 35.5. The van der Waals surface area contributed by atoms with Crippen LogP contribution in [0.5, 0.6) is 0 Å². The van der Waals surface area contributed by atoms with Crippen LogP contribution in [0.4, 0.5) is 0 Å². The smallest absolute Gasteiger partial charge is 0.234 e. The molecule has 0 aromatic rings. The lowest BCUT2D eigenvalue weighted by Gasteiger charge is -2.15. The quantitative estimate of drug-likeness (QED) is 0.596. The Hall–Kier alpha value is -0.320. The molecule has 4 nitrogen and oxygen atoms in total. The number of hydrogen-bond donors (Lipinski definition) is 1. The third-order valence-electron chi connectivity index (χ3n) is 1.61. The van der Waals surface area contributed by atoms with Crippen LogP contribution in [0.3, 0.4) is 0 Å². The number of halogens is 1. The predicted molar refractivity (Wildman–Crippen MR) is 53.1 cm³/mol. The van der Waals surface area contributed by atoms with Gasteiger partial charge in [-0.15, -0.1) is 11.6 Å². The van der Waals surface area contributed by atoms with Gasteiger partial charge in [-0.3, -0.25) is 4.79 Å². The van der Waals surface area contributed by atoms with Gasteiger partial charge >= 0.3 is 0 Å². The minimum atomic E-state index is -0.123. The van der Waals surface area contributed by atoms with Crippen LogP contribution >= 0.6 is 11.6 Å². The van der Waals surface area contributed by atoms with Crippen LogP contribution in [0.25, 0.3) is 0 Å². The zero-order valence-electron chi connectivity index (χ0n) is 8.18. The van der Waals surface area contributed by atoms with Crippen LogP contribution in [0.2, 0.25) is 0 Å². The standard InChI is InChI=1S/C8H17ClN2O2/c1-11(5-6-13-2)4-3-10-8(12)7-9/h3-7H2,1-2H3,(H,10,12). The van der Waals surface area contributed by atoms with Gasteiger partial charge in [-0.25, -0.2) is 0 Å². The predicted octanol–water partition coefficient (Wildman–Crippen LogP) is -0.0804. The molecule has 0 aromatic carbocycles. The SMILES string of the molecule is COCCN(C)CCNC(=O)CCl. The first kappa shape index (κ1) is 12.7. The van der Waals surface area contributed by atoms with Gasteiger partial charge in [0.25, 0.3) is 0 Å². The lowest BCUT2D eigenvalue weighted by Crippen LogP contribution is -2.34. The van der Waals surface area contributed by atoms with Crippen molar-refractivity contribution in [2.75, 3.05) is 46.3 Å². The van der Waals surface area contributed by atoms with Gasteiger partial charge in [0.15, 0.2) is 0 Å². The molecule has 78 valence electrons. The number of carbonyl (C=O) groups is 1. The molecule has 0 rings (SSSR count). The van der Waals surface area contributed by atoms with E-state index in [2.05, 4.69) is 10.2 Å². The van der Waals surface area contributed by atoms with Gasteiger partial charge in [0.1, 0.15) is 5.88 Å². The molecule has 5 heteroatoms. The molecule has 0 fully saturated rings. The molecule has 0 aliphatic carbocycles. The Kier molecular flexibility index (Phi) is 8.08. The monoisotopic (exact) mass is 208 g/mol. The fraction of sp³-hybridized carbons (Fsp3) is 0.875. The van der Waals surface area contributed by atoms with Crippen LogP contribution < -0.4 is 5.32 Å². The maximum atomic E-state index is 10.7. The van der Waals surface area contributed by atoms with E-state index in [1.54, 1.807) is 7.11 Å². The van der Waals surface area contributed by atoms with Crippen molar-refractivity contribution in [2.24, 2.45) is 0 Å². The summed E-state index contributed by atoms with van der Waals surface area (Å²) in [4.78, 5) is 12.8. The summed E-state index contributed by atoms with van der Waals surface area (Å²) in [6, 6.07) is 0. The van der Waals surface area contributed by atoms with E-state index in [1.165, 1.54) is 0 Å². The van der Waals surface area contributed by atoms with E-state index >= 15 is 0 Å². The van der Waals surface area contributed by atoms with Crippen molar-refractivity contribution in [2.45, 2.75) is 0 Å². The van der Waals surface area contributed by atoms with Gasteiger partial charge in [-0.1, -0.05) is 0 Å². The average molecular weight is 209 g/mol. The average Bonchev–Trinajstić information content (AvgIpc) is 2.14. The number of carbonyl (C=O) groups excluding carboxylic acids is 1. The molecule has 13 heavy (non-hydrogen) atoms. The Morgan fingerprint density at radius 2 is 2.23 bits per heavy atom. The third kappa shape index (κ3) is 8.02. The highest BCUT2D eigenvalue weighted by Crippen LogP contribution is 1.81. The van der Waals surface area contributed by atoms with Gasteiger partial charge in [-0.05, 0) is 7.05 Å². The fourth-order valence-corrected chi connectivity index (χ4v) is 0.887. The number of nitrogens with one attached hydrogen (secondary N) is 1. The minimum absolute atomic E-state index is 0.0295. The molecule has 0 saturated heterocycles. The van der Waals surface area contributed by atoms with Gasteiger partial charge < -0.3 is 15.0 Å². The van der Waals surface area contributed by atoms with E-state index in [1.807, 2.05) is 7.05 Å². The normalized spacial score (nSPS) is 10.5.